The zero-order valence-electron chi connectivity index (χ0n) is 19.0. The van der Waals surface area contributed by atoms with Gasteiger partial charge in [0.05, 0.1) is 17.2 Å². The highest BCUT2D eigenvalue weighted by molar-refractivity contribution is 7.11. The van der Waals surface area contributed by atoms with Gasteiger partial charge in [0.2, 0.25) is 0 Å². The van der Waals surface area contributed by atoms with Crippen molar-refractivity contribution in [2.45, 2.75) is 6.92 Å². The molecular weight excluding hydrogens is 464 g/mol. The molecule has 10 nitrogen and oxygen atoms in total. The summed E-state index contributed by atoms with van der Waals surface area (Å²) in [4.78, 5) is 36.5. The van der Waals surface area contributed by atoms with E-state index in [1.807, 2.05) is 55.5 Å². The molecule has 0 N–H and O–H groups in total. The van der Waals surface area contributed by atoms with Crippen LogP contribution in [-0.2, 0) is 0 Å². The molecule has 6 rings (SSSR count). The van der Waals surface area contributed by atoms with Crippen LogP contribution < -0.4 is 0 Å². The largest absolute Gasteiger partial charge is 0.335 e. The van der Waals surface area contributed by atoms with Crippen LogP contribution in [0, 0.1) is 6.92 Å². The second kappa shape index (κ2) is 9.94. The minimum absolute atomic E-state index is 0.0290. The van der Waals surface area contributed by atoms with Gasteiger partial charge < -0.3 is 9.80 Å². The normalized spacial score (nSPS) is 13.5. The number of aryl methyl sites for hydroxylation is 1. The van der Waals surface area contributed by atoms with Gasteiger partial charge in [0.15, 0.2) is 10.7 Å². The number of hydrogen-bond acceptors (Lipinski definition) is 8. The summed E-state index contributed by atoms with van der Waals surface area (Å²) in [5, 5.41) is 13.6. The average Bonchev–Trinajstić information content (AvgIpc) is 3.62. The van der Waals surface area contributed by atoms with Gasteiger partial charge in [-0.05, 0) is 41.6 Å². The average molecular weight is 487 g/mol. The van der Waals surface area contributed by atoms with Crippen molar-refractivity contribution >= 4 is 39.8 Å². The highest BCUT2D eigenvalue weighted by Crippen LogP contribution is 2.14. The summed E-state index contributed by atoms with van der Waals surface area (Å²) < 4.78 is 1.67. The molecule has 0 aliphatic carbocycles. The zero-order valence-corrected chi connectivity index (χ0v) is 19.8. The van der Waals surface area contributed by atoms with E-state index in [1.165, 1.54) is 11.3 Å². The van der Waals surface area contributed by atoms with Crippen LogP contribution >= 0.6 is 11.3 Å². The fourth-order valence-corrected chi connectivity index (χ4v) is 4.38. The number of amides is 2. The summed E-state index contributed by atoms with van der Waals surface area (Å²) in [7, 11) is 0. The fourth-order valence-electron chi connectivity index (χ4n) is 3.78. The first-order chi connectivity index (χ1) is 17.1. The number of carbonyl (C=O) groups is 2. The van der Waals surface area contributed by atoms with Gasteiger partial charge in [-0.2, -0.15) is 4.52 Å². The maximum Gasteiger partial charge on any atom is 0.282 e. The standard InChI is InChI=1S/C16H17N3O2S.C8H5N5/c1-12-2-4-13(5-3-12)15(20)18-7-9-19(10-8-18)16(21)14-17-6-11-22-14;1-2-4-7-6(3-1)9-5-8-10-11-12-13(7)8/h2-6,11H,7-10H2,1H3;1-5H. The number of tetrazole rings is 1. The van der Waals surface area contributed by atoms with Crippen molar-refractivity contribution in [2.24, 2.45) is 0 Å². The molecule has 3 aromatic heterocycles. The summed E-state index contributed by atoms with van der Waals surface area (Å²) in [6.07, 6.45) is 3.29. The smallest absolute Gasteiger partial charge is 0.282 e. The minimum Gasteiger partial charge on any atom is -0.335 e. The SMILES string of the molecule is Cc1ccc(C(=O)N2CCN(C(=O)c3nccs3)CC2)cc1.c1ccc2c(c1)ncc1nnnn12. The van der Waals surface area contributed by atoms with Crippen LogP contribution in [0.3, 0.4) is 0 Å². The molecule has 1 fully saturated rings. The summed E-state index contributed by atoms with van der Waals surface area (Å²) in [5.41, 5.74) is 4.31. The molecular formula is C24H22N8O2S. The van der Waals surface area contributed by atoms with Gasteiger partial charge in [0, 0.05) is 43.3 Å². The lowest BCUT2D eigenvalue weighted by Crippen LogP contribution is -2.50. The molecule has 0 spiro atoms. The molecule has 0 radical (unpaired) electrons. The van der Waals surface area contributed by atoms with Crippen LogP contribution in [0.25, 0.3) is 16.7 Å². The monoisotopic (exact) mass is 486 g/mol. The molecule has 1 saturated heterocycles. The number of nitrogens with zero attached hydrogens (tertiary/aromatic N) is 8. The van der Waals surface area contributed by atoms with Gasteiger partial charge in [0.25, 0.3) is 11.8 Å². The number of aromatic nitrogens is 6. The number of thiazole rings is 1. The summed E-state index contributed by atoms with van der Waals surface area (Å²) in [5.74, 6) is -0.0150. The summed E-state index contributed by atoms with van der Waals surface area (Å²) >= 11 is 1.35. The summed E-state index contributed by atoms with van der Waals surface area (Å²) in [6, 6.07) is 15.3. The fraction of sp³-hybridized carbons (Fsp3) is 0.208. The first-order valence-electron chi connectivity index (χ1n) is 11.1. The zero-order chi connectivity index (χ0) is 24.2. The van der Waals surface area contributed by atoms with Gasteiger partial charge in [-0.1, -0.05) is 29.8 Å². The Bertz CT molecular complexity index is 1460. The van der Waals surface area contributed by atoms with Gasteiger partial charge in [0.1, 0.15) is 0 Å². The van der Waals surface area contributed by atoms with Crippen molar-refractivity contribution in [1.82, 2.24) is 39.8 Å². The Morgan fingerprint density at radius 3 is 2.31 bits per heavy atom. The minimum atomic E-state index is -0.0440. The van der Waals surface area contributed by atoms with E-state index in [9.17, 15) is 9.59 Å². The van der Waals surface area contributed by atoms with Gasteiger partial charge in [-0.15, -0.1) is 16.4 Å². The second-order valence-electron chi connectivity index (χ2n) is 7.98. The third-order valence-corrected chi connectivity index (χ3v) is 6.45. The highest BCUT2D eigenvalue weighted by Gasteiger charge is 2.26. The molecule has 5 aromatic rings. The number of hydrogen-bond donors (Lipinski definition) is 0. The first-order valence-corrected chi connectivity index (χ1v) is 11.9. The van der Waals surface area contributed by atoms with Gasteiger partial charge in [-0.3, -0.25) is 14.6 Å². The molecule has 1 aliphatic rings. The van der Waals surface area contributed by atoms with E-state index in [1.54, 1.807) is 32.1 Å². The number of fused-ring (bicyclic) bond motifs is 3. The van der Waals surface area contributed by atoms with Crippen LogP contribution in [0.2, 0.25) is 0 Å². The van der Waals surface area contributed by atoms with Crippen LogP contribution in [0.15, 0.2) is 66.3 Å². The van der Waals surface area contributed by atoms with E-state index in [-0.39, 0.29) is 11.8 Å². The molecule has 0 saturated carbocycles. The number of piperazine rings is 1. The molecule has 0 bridgehead atoms. The summed E-state index contributed by atoms with van der Waals surface area (Å²) in [6.45, 7) is 4.22. The lowest BCUT2D eigenvalue weighted by molar-refractivity contribution is 0.0535. The number of para-hydroxylation sites is 2. The molecule has 4 heterocycles. The third kappa shape index (κ3) is 4.85. The van der Waals surface area contributed by atoms with Crippen molar-refractivity contribution in [3.8, 4) is 0 Å². The van der Waals surface area contributed by atoms with Crippen LogP contribution in [-0.4, -0.2) is 77.8 Å². The Labute approximate surface area is 204 Å². The molecule has 0 unspecified atom stereocenters. The van der Waals surface area contributed by atoms with E-state index in [2.05, 4.69) is 25.5 Å². The van der Waals surface area contributed by atoms with Crippen LogP contribution in [0.5, 0.6) is 0 Å². The molecule has 35 heavy (non-hydrogen) atoms. The predicted octanol–water partition coefficient (Wildman–Crippen LogP) is 2.72. The van der Waals surface area contributed by atoms with Crippen LogP contribution in [0.4, 0.5) is 0 Å². The van der Waals surface area contributed by atoms with E-state index in [4.69, 9.17) is 0 Å². The lowest BCUT2D eigenvalue weighted by atomic mass is 10.1. The van der Waals surface area contributed by atoms with Crippen molar-refractivity contribution in [1.29, 1.82) is 0 Å². The predicted molar refractivity (Wildman–Crippen MR) is 131 cm³/mol. The Morgan fingerprint density at radius 2 is 1.60 bits per heavy atom. The molecule has 2 amide bonds. The van der Waals surface area contributed by atoms with Gasteiger partial charge >= 0.3 is 0 Å². The second-order valence-corrected chi connectivity index (χ2v) is 8.88. The van der Waals surface area contributed by atoms with Crippen molar-refractivity contribution in [3.63, 3.8) is 0 Å². The molecule has 0 atom stereocenters. The van der Waals surface area contributed by atoms with Gasteiger partial charge in [-0.25, -0.2) is 4.98 Å². The van der Waals surface area contributed by atoms with E-state index >= 15 is 0 Å². The van der Waals surface area contributed by atoms with E-state index < -0.39 is 0 Å². The topological polar surface area (TPSA) is 109 Å². The van der Waals surface area contributed by atoms with E-state index in [0.717, 1.165) is 16.6 Å². The molecule has 1 aliphatic heterocycles. The maximum atomic E-state index is 12.4. The molecule has 176 valence electrons. The maximum absolute atomic E-state index is 12.4. The number of rotatable bonds is 2. The van der Waals surface area contributed by atoms with Crippen molar-refractivity contribution in [3.05, 3.63) is 82.4 Å². The highest BCUT2D eigenvalue weighted by atomic mass is 32.1. The first kappa shape index (κ1) is 22.5. The Kier molecular flexibility index (Phi) is 6.40. The Balaban J connectivity index is 0.000000164. The third-order valence-electron chi connectivity index (χ3n) is 5.69. The quantitative estimate of drug-likeness (QED) is 0.377. The lowest BCUT2D eigenvalue weighted by Gasteiger charge is -2.34. The van der Waals surface area contributed by atoms with E-state index in [0.29, 0.717) is 42.4 Å². The molecule has 11 heteroatoms. The van der Waals surface area contributed by atoms with Crippen molar-refractivity contribution < 1.29 is 9.59 Å². The Hall–Kier alpha value is -4.25. The molecule has 2 aromatic carbocycles. The van der Waals surface area contributed by atoms with Crippen LogP contribution in [0.1, 0.15) is 25.7 Å². The number of carbonyl (C=O) groups excluding carboxylic acids is 2. The number of benzene rings is 2. The van der Waals surface area contributed by atoms with Crippen molar-refractivity contribution in [2.75, 3.05) is 26.2 Å². The Morgan fingerprint density at radius 1 is 0.886 bits per heavy atom.